The van der Waals surface area contributed by atoms with Gasteiger partial charge in [-0.15, -0.1) is 0 Å². The van der Waals surface area contributed by atoms with Crippen LogP contribution < -0.4 is 4.74 Å². The van der Waals surface area contributed by atoms with E-state index in [1.54, 1.807) is 18.4 Å². The van der Waals surface area contributed by atoms with Crippen molar-refractivity contribution in [3.8, 4) is 5.75 Å². The predicted octanol–water partition coefficient (Wildman–Crippen LogP) is 4.39. The second-order valence-corrected chi connectivity index (χ2v) is 3.72. The first kappa shape index (κ1) is 10.8. The Hall–Kier alpha value is -1.73. The van der Waals surface area contributed by atoms with Gasteiger partial charge in [-0.2, -0.15) is 0 Å². The molecular formula is C14H11ClO. The van der Waals surface area contributed by atoms with Crippen LogP contribution in [0.25, 0.3) is 6.08 Å². The summed E-state index contributed by atoms with van der Waals surface area (Å²) in [5, 5.41) is 0.708. The van der Waals surface area contributed by atoms with Crippen LogP contribution in [-0.4, -0.2) is 0 Å². The first-order chi connectivity index (χ1) is 7.84. The highest BCUT2D eigenvalue weighted by atomic mass is 35.5. The van der Waals surface area contributed by atoms with E-state index in [0.717, 1.165) is 11.3 Å². The zero-order valence-corrected chi connectivity index (χ0v) is 9.39. The fraction of sp³-hybridized carbons (Fsp3) is 0. The molecule has 2 rings (SSSR count). The molecule has 16 heavy (non-hydrogen) atoms. The number of hydrogen-bond donors (Lipinski definition) is 0. The number of rotatable bonds is 3. The topological polar surface area (TPSA) is 9.23 Å². The van der Waals surface area contributed by atoms with Crippen molar-refractivity contribution in [1.29, 1.82) is 0 Å². The van der Waals surface area contributed by atoms with Crippen LogP contribution >= 0.6 is 11.6 Å². The standard InChI is InChI=1S/C14H11ClO/c15-13-6-8-14(9-7-13)16-11-10-12-4-2-1-3-5-12/h1-11H/b11-10+. The Morgan fingerprint density at radius 3 is 2.25 bits per heavy atom. The summed E-state index contributed by atoms with van der Waals surface area (Å²) in [5.41, 5.74) is 1.11. The van der Waals surface area contributed by atoms with Gasteiger partial charge in [-0.05, 0) is 35.9 Å². The van der Waals surface area contributed by atoms with Gasteiger partial charge in [0.15, 0.2) is 0 Å². The summed E-state index contributed by atoms with van der Waals surface area (Å²) in [7, 11) is 0. The smallest absolute Gasteiger partial charge is 0.126 e. The second kappa shape index (κ2) is 5.38. The molecule has 80 valence electrons. The average molecular weight is 231 g/mol. The normalized spacial score (nSPS) is 10.6. The molecule has 0 heterocycles. The maximum Gasteiger partial charge on any atom is 0.126 e. The number of hydrogen-bond acceptors (Lipinski definition) is 1. The third kappa shape index (κ3) is 3.14. The molecule has 0 aliphatic carbocycles. The molecule has 0 aliphatic rings. The third-order valence-corrected chi connectivity index (χ3v) is 2.33. The Bertz CT molecular complexity index is 460. The van der Waals surface area contributed by atoms with Gasteiger partial charge in [0.2, 0.25) is 0 Å². The van der Waals surface area contributed by atoms with Crippen LogP contribution in [0.4, 0.5) is 0 Å². The van der Waals surface area contributed by atoms with Crippen molar-refractivity contribution in [3.63, 3.8) is 0 Å². The Balaban J connectivity index is 1.97. The molecule has 0 aromatic heterocycles. The van der Waals surface area contributed by atoms with Crippen molar-refractivity contribution >= 4 is 17.7 Å². The molecule has 2 aromatic rings. The zero-order valence-electron chi connectivity index (χ0n) is 8.64. The maximum absolute atomic E-state index is 5.77. The van der Waals surface area contributed by atoms with Gasteiger partial charge in [-0.25, -0.2) is 0 Å². The van der Waals surface area contributed by atoms with E-state index in [0.29, 0.717) is 5.02 Å². The van der Waals surface area contributed by atoms with Gasteiger partial charge in [0, 0.05) is 5.02 Å². The molecule has 2 heteroatoms. The van der Waals surface area contributed by atoms with E-state index >= 15 is 0 Å². The largest absolute Gasteiger partial charge is 0.465 e. The lowest BCUT2D eigenvalue weighted by Crippen LogP contribution is -1.80. The summed E-state index contributed by atoms with van der Waals surface area (Å²) in [4.78, 5) is 0. The van der Waals surface area contributed by atoms with Gasteiger partial charge in [0.25, 0.3) is 0 Å². The second-order valence-electron chi connectivity index (χ2n) is 3.29. The summed E-state index contributed by atoms with van der Waals surface area (Å²) < 4.78 is 5.43. The molecule has 0 saturated heterocycles. The van der Waals surface area contributed by atoms with E-state index < -0.39 is 0 Å². The Labute approximate surface area is 99.9 Å². The molecule has 0 aliphatic heterocycles. The summed E-state index contributed by atoms with van der Waals surface area (Å²) in [6.07, 6.45) is 3.58. The first-order valence-electron chi connectivity index (χ1n) is 4.98. The van der Waals surface area contributed by atoms with E-state index in [1.165, 1.54) is 0 Å². The van der Waals surface area contributed by atoms with Gasteiger partial charge in [-0.3, -0.25) is 0 Å². The van der Waals surface area contributed by atoms with Gasteiger partial charge < -0.3 is 4.74 Å². The molecule has 0 spiro atoms. The minimum absolute atomic E-state index is 0.708. The summed E-state index contributed by atoms with van der Waals surface area (Å²) in [6.45, 7) is 0. The predicted molar refractivity (Wildman–Crippen MR) is 67.6 cm³/mol. The van der Waals surface area contributed by atoms with Crippen LogP contribution in [0.3, 0.4) is 0 Å². The highest BCUT2D eigenvalue weighted by Crippen LogP contribution is 2.15. The molecule has 0 N–H and O–H groups in total. The van der Waals surface area contributed by atoms with Crippen molar-refractivity contribution < 1.29 is 4.74 Å². The van der Waals surface area contributed by atoms with Crippen LogP contribution in [0, 0.1) is 0 Å². The fourth-order valence-corrected chi connectivity index (χ4v) is 1.39. The number of ether oxygens (including phenoxy) is 1. The molecule has 0 bridgehead atoms. The van der Waals surface area contributed by atoms with E-state index in [1.807, 2.05) is 48.5 Å². The molecule has 1 nitrogen and oxygen atoms in total. The maximum atomic E-state index is 5.77. The van der Waals surface area contributed by atoms with E-state index in [-0.39, 0.29) is 0 Å². The average Bonchev–Trinajstić information content (AvgIpc) is 2.33. The zero-order chi connectivity index (χ0) is 11.2. The minimum atomic E-state index is 0.708. The van der Waals surface area contributed by atoms with Crippen LogP contribution in [0.2, 0.25) is 5.02 Å². The lowest BCUT2D eigenvalue weighted by atomic mass is 10.2. The van der Waals surface area contributed by atoms with Crippen molar-refractivity contribution in [2.75, 3.05) is 0 Å². The van der Waals surface area contributed by atoms with Gasteiger partial charge in [-0.1, -0.05) is 41.9 Å². The van der Waals surface area contributed by atoms with Gasteiger partial charge in [0.1, 0.15) is 5.75 Å². The Morgan fingerprint density at radius 1 is 0.875 bits per heavy atom. The third-order valence-electron chi connectivity index (χ3n) is 2.08. The monoisotopic (exact) mass is 230 g/mol. The number of halogens is 1. The van der Waals surface area contributed by atoms with E-state index in [4.69, 9.17) is 16.3 Å². The Morgan fingerprint density at radius 2 is 1.56 bits per heavy atom. The van der Waals surface area contributed by atoms with Crippen LogP contribution in [0.5, 0.6) is 5.75 Å². The fourth-order valence-electron chi connectivity index (χ4n) is 1.27. The van der Waals surface area contributed by atoms with Crippen LogP contribution in [0.15, 0.2) is 60.9 Å². The molecular weight excluding hydrogens is 220 g/mol. The molecule has 0 atom stereocenters. The summed E-state index contributed by atoms with van der Waals surface area (Å²) >= 11 is 5.77. The molecule has 0 amide bonds. The molecule has 2 aromatic carbocycles. The Kier molecular flexibility index (Phi) is 3.62. The van der Waals surface area contributed by atoms with Crippen molar-refractivity contribution in [2.24, 2.45) is 0 Å². The SMILES string of the molecule is Clc1ccc(O/C=C/c2ccccc2)cc1. The van der Waals surface area contributed by atoms with Gasteiger partial charge >= 0.3 is 0 Å². The minimum Gasteiger partial charge on any atom is -0.465 e. The quantitative estimate of drug-likeness (QED) is 0.711. The van der Waals surface area contributed by atoms with Crippen LogP contribution in [0.1, 0.15) is 5.56 Å². The highest BCUT2D eigenvalue weighted by Gasteiger charge is 1.90. The van der Waals surface area contributed by atoms with Crippen molar-refractivity contribution in [2.45, 2.75) is 0 Å². The van der Waals surface area contributed by atoms with E-state index in [2.05, 4.69) is 0 Å². The van der Waals surface area contributed by atoms with E-state index in [9.17, 15) is 0 Å². The van der Waals surface area contributed by atoms with Crippen LogP contribution in [-0.2, 0) is 0 Å². The summed E-state index contributed by atoms with van der Waals surface area (Å²) in [6, 6.07) is 17.3. The number of benzene rings is 2. The summed E-state index contributed by atoms with van der Waals surface area (Å²) in [5.74, 6) is 0.775. The lowest BCUT2D eigenvalue weighted by molar-refractivity contribution is 0.485. The molecule has 0 saturated carbocycles. The molecule has 0 fully saturated rings. The van der Waals surface area contributed by atoms with Gasteiger partial charge in [0.05, 0.1) is 6.26 Å². The highest BCUT2D eigenvalue weighted by molar-refractivity contribution is 6.30. The molecule has 0 radical (unpaired) electrons. The lowest BCUT2D eigenvalue weighted by Gasteiger charge is -1.99. The van der Waals surface area contributed by atoms with Crippen molar-refractivity contribution in [1.82, 2.24) is 0 Å². The molecule has 0 unspecified atom stereocenters. The first-order valence-corrected chi connectivity index (χ1v) is 5.36. The van der Waals surface area contributed by atoms with Crippen molar-refractivity contribution in [3.05, 3.63) is 71.4 Å².